The van der Waals surface area contributed by atoms with Crippen LogP contribution >= 0.6 is 0 Å². The molecule has 0 heterocycles. The Bertz CT molecular complexity index is 772. The highest BCUT2D eigenvalue weighted by molar-refractivity contribution is 7.92. The minimum Gasteiger partial charge on any atom is -0.478 e. The number of carboxylic acid groups (broad SMARTS) is 1. The van der Waals surface area contributed by atoms with E-state index in [1.54, 1.807) is 0 Å². The molecule has 110 valence electrons. The van der Waals surface area contributed by atoms with Gasteiger partial charge in [-0.15, -0.1) is 0 Å². The van der Waals surface area contributed by atoms with E-state index in [0.29, 0.717) is 0 Å². The standard InChI is InChI=1S/C14H12FNO4S/c1-16(12-7-5-10(6-8-12)14(17)18)21(19,20)13-4-2-3-11(15)9-13/h2-9H,1H3,(H,17,18). The third-order valence-corrected chi connectivity index (χ3v) is 4.71. The van der Waals surface area contributed by atoms with E-state index in [2.05, 4.69) is 0 Å². The predicted molar refractivity (Wildman–Crippen MR) is 75.4 cm³/mol. The van der Waals surface area contributed by atoms with Gasteiger partial charge in [0.25, 0.3) is 10.0 Å². The molecule has 0 amide bonds. The molecule has 0 unspecified atom stereocenters. The largest absolute Gasteiger partial charge is 0.478 e. The first-order valence-electron chi connectivity index (χ1n) is 5.90. The number of carbonyl (C=O) groups is 1. The van der Waals surface area contributed by atoms with E-state index in [0.717, 1.165) is 16.4 Å². The van der Waals surface area contributed by atoms with E-state index in [-0.39, 0.29) is 16.1 Å². The number of halogens is 1. The van der Waals surface area contributed by atoms with Gasteiger partial charge < -0.3 is 5.11 Å². The summed E-state index contributed by atoms with van der Waals surface area (Å²) in [6.07, 6.45) is 0. The third-order valence-electron chi connectivity index (χ3n) is 2.93. The van der Waals surface area contributed by atoms with Crippen LogP contribution in [-0.4, -0.2) is 26.5 Å². The molecular formula is C14H12FNO4S. The summed E-state index contributed by atoms with van der Waals surface area (Å²) in [5.74, 6) is -1.75. The number of benzene rings is 2. The van der Waals surface area contributed by atoms with Crippen LogP contribution in [0.25, 0.3) is 0 Å². The maximum atomic E-state index is 13.2. The maximum Gasteiger partial charge on any atom is 0.335 e. The molecule has 0 atom stereocenters. The first-order chi connectivity index (χ1) is 9.82. The van der Waals surface area contributed by atoms with Crippen LogP contribution in [0.1, 0.15) is 10.4 Å². The van der Waals surface area contributed by atoms with Crippen LogP contribution in [0.4, 0.5) is 10.1 Å². The molecule has 1 N–H and O–H groups in total. The second-order valence-corrected chi connectivity index (χ2v) is 6.25. The van der Waals surface area contributed by atoms with Crippen molar-refractivity contribution in [2.45, 2.75) is 4.90 Å². The van der Waals surface area contributed by atoms with Gasteiger partial charge in [-0.3, -0.25) is 4.31 Å². The average molecular weight is 309 g/mol. The Labute approximate surface area is 121 Å². The van der Waals surface area contributed by atoms with Gasteiger partial charge in [0.15, 0.2) is 0 Å². The van der Waals surface area contributed by atoms with Gasteiger partial charge in [0, 0.05) is 7.05 Å². The molecule has 2 aromatic carbocycles. The van der Waals surface area contributed by atoms with Crippen molar-refractivity contribution in [3.05, 3.63) is 59.9 Å². The Morgan fingerprint density at radius 1 is 1.14 bits per heavy atom. The molecule has 0 bridgehead atoms. The fraction of sp³-hybridized carbons (Fsp3) is 0.0714. The first kappa shape index (κ1) is 15.0. The lowest BCUT2D eigenvalue weighted by molar-refractivity contribution is 0.0697. The number of nitrogens with zero attached hydrogens (tertiary/aromatic N) is 1. The SMILES string of the molecule is CN(c1ccc(C(=O)O)cc1)S(=O)(=O)c1cccc(F)c1. The number of carboxylic acids is 1. The fourth-order valence-electron chi connectivity index (χ4n) is 1.74. The minimum atomic E-state index is -3.90. The monoisotopic (exact) mass is 309 g/mol. The Morgan fingerprint density at radius 3 is 2.29 bits per heavy atom. The van der Waals surface area contributed by atoms with Crippen molar-refractivity contribution in [3.63, 3.8) is 0 Å². The number of aromatic carboxylic acids is 1. The zero-order valence-electron chi connectivity index (χ0n) is 11.0. The Balaban J connectivity index is 2.38. The molecule has 2 rings (SSSR count). The summed E-state index contributed by atoms with van der Waals surface area (Å²) in [6.45, 7) is 0. The van der Waals surface area contributed by atoms with Gasteiger partial charge in [-0.25, -0.2) is 17.6 Å². The van der Waals surface area contributed by atoms with Crippen molar-refractivity contribution in [3.8, 4) is 0 Å². The minimum absolute atomic E-state index is 0.0512. The molecular weight excluding hydrogens is 297 g/mol. The van der Waals surface area contributed by atoms with E-state index in [4.69, 9.17) is 5.11 Å². The number of hydrogen-bond donors (Lipinski definition) is 1. The Kier molecular flexibility index (Phi) is 3.95. The van der Waals surface area contributed by atoms with Gasteiger partial charge in [0.05, 0.1) is 16.1 Å². The smallest absolute Gasteiger partial charge is 0.335 e. The Morgan fingerprint density at radius 2 is 1.76 bits per heavy atom. The quantitative estimate of drug-likeness (QED) is 0.940. The number of hydrogen-bond acceptors (Lipinski definition) is 3. The molecule has 0 aliphatic heterocycles. The second kappa shape index (κ2) is 5.53. The van der Waals surface area contributed by atoms with Crippen molar-refractivity contribution < 1.29 is 22.7 Å². The van der Waals surface area contributed by atoms with Gasteiger partial charge in [0.2, 0.25) is 0 Å². The van der Waals surface area contributed by atoms with Crippen molar-refractivity contribution in [2.24, 2.45) is 0 Å². The molecule has 2 aromatic rings. The first-order valence-corrected chi connectivity index (χ1v) is 7.34. The molecule has 7 heteroatoms. The van der Waals surface area contributed by atoms with Crippen molar-refractivity contribution >= 4 is 21.7 Å². The van der Waals surface area contributed by atoms with Crippen LogP contribution in [0.3, 0.4) is 0 Å². The summed E-state index contributed by atoms with van der Waals surface area (Å²) in [5.41, 5.74) is 0.333. The fourth-order valence-corrected chi connectivity index (χ4v) is 2.97. The maximum absolute atomic E-state index is 13.2. The molecule has 0 aliphatic rings. The highest BCUT2D eigenvalue weighted by atomic mass is 32.2. The van der Waals surface area contributed by atoms with Crippen LogP contribution < -0.4 is 4.31 Å². The van der Waals surface area contributed by atoms with Crippen LogP contribution in [0.2, 0.25) is 0 Å². The van der Waals surface area contributed by atoms with E-state index in [1.165, 1.54) is 43.4 Å². The van der Waals surface area contributed by atoms with Crippen LogP contribution in [0, 0.1) is 5.82 Å². The molecule has 0 aromatic heterocycles. The molecule has 0 fully saturated rings. The second-order valence-electron chi connectivity index (χ2n) is 4.28. The lowest BCUT2D eigenvalue weighted by Crippen LogP contribution is -2.26. The zero-order valence-corrected chi connectivity index (χ0v) is 11.8. The summed E-state index contributed by atoms with van der Waals surface area (Å²) in [5, 5.41) is 8.81. The van der Waals surface area contributed by atoms with Gasteiger partial charge in [-0.1, -0.05) is 6.07 Å². The number of anilines is 1. The van der Waals surface area contributed by atoms with E-state index >= 15 is 0 Å². The van der Waals surface area contributed by atoms with Gasteiger partial charge >= 0.3 is 5.97 Å². The molecule has 0 saturated carbocycles. The van der Waals surface area contributed by atoms with Crippen LogP contribution in [0.15, 0.2) is 53.4 Å². The average Bonchev–Trinajstić information content (AvgIpc) is 2.46. The molecule has 21 heavy (non-hydrogen) atoms. The predicted octanol–water partition coefficient (Wildman–Crippen LogP) is 2.35. The molecule has 5 nitrogen and oxygen atoms in total. The van der Waals surface area contributed by atoms with Gasteiger partial charge in [0.1, 0.15) is 5.82 Å². The highest BCUT2D eigenvalue weighted by Gasteiger charge is 2.21. The highest BCUT2D eigenvalue weighted by Crippen LogP contribution is 2.22. The molecule has 0 radical (unpaired) electrons. The van der Waals surface area contributed by atoms with Gasteiger partial charge in [-0.05, 0) is 42.5 Å². The summed E-state index contributed by atoms with van der Waals surface area (Å²) >= 11 is 0. The van der Waals surface area contributed by atoms with Crippen LogP contribution in [0.5, 0.6) is 0 Å². The summed E-state index contributed by atoms with van der Waals surface area (Å²) < 4.78 is 38.8. The van der Waals surface area contributed by atoms with E-state index in [1.807, 2.05) is 0 Å². The van der Waals surface area contributed by atoms with E-state index in [9.17, 15) is 17.6 Å². The third kappa shape index (κ3) is 3.03. The Hall–Kier alpha value is -2.41. The lowest BCUT2D eigenvalue weighted by atomic mass is 10.2. The molecule has 0 saturated heterocycles. The van der Waals surface area contributed by atoms with E-state index < -0.39 is 21.8 Å². The summed E-state index contributed by atoms with van der Waals surface area (Å²) in [6, 6.07) is 10.0. The number of sulfonamides is 1. The number of rotatable bonds is 4. The lowest BCUT2D eigenvalue weighted by Gasteiger charge is -2.19. The zero-order chi connectivity index (χ0) is 15.6. The van der Waals surface area contributed by atoms with Crippen LogP contribution in [-0.2, 0) is 10.0 Å². The summed E-state index contributed by atoms with van der Waals surface area (Å²) in [4.78, 5) is 10.6. The molecule has 0 aliphatic carbocycles. The summed E-state index contributed by atoms with van der Waals surface area (Å²) in [7, 11) is -2.59. The normalized spacial score (nSPS) is 11.1. The van der Waals surface area contributed by atoms with Gasteiger partial charge in [-0.2, -0.15) is 0 Å². The van der Waals surface area contributed by atoms with Crippen molar-refractivity contribution in [2.75, 3.05) is 11.4 Å². The molecule has 0 spiro atoms. The van der Waals surface area contributed by atoms with Crippen molar-refractivity contribution in [1.82, 2.24) is 0 Å². The van der Waals surface area contributed by atoms with Crippen molar-refractivity contribution in [1.29, 1.82) is 0 Å². The topological polar surface area (TPSA) is 74.7 Å².